The minimum absolute atomic E-state index is 0.379. The molecule has 3 rings (SSSR count). The highest BCUT2D eigenvalue weighted by Crippen LogP contribution is 2.43. The van der Waals surface area contributed by atoms with E-state index in [4.69, 9.17) is 32.7 Å². The van der Waals surface area contributed by atoms with Gasteiger partial charge in [0.05, 0.1) is 19.2 Å². The molecule has 128 valence electrons. The number of carbonyl (C=O) groups is 1. The van der Waals surface area contributed by atoms with Crippen LogP contribution in [0.3, 0.4) is 0 Å². The average Bonchev–Trinajstić information content (AvgIpc) is 3.06. The molecule has 0 unspecified atom stereocenters. The van der Waals surface area contributed by atoms with Crippen molar-refractivity contribution in [1.29, 1.82) is 0 Å². The Labute approximate surface area is 159 Å². The van der Waals surface area contributed by atoms with Gasteiger partial charge in [-0.2, -0.15) is 0 Å². The molecule has 25 heavy (non-hydrogen) atoms. The number of hydrogen-bond acceptors (Lipinski definition) is 4. The lowest BCUT2D eigenvalue weighted by Gasteiger charge is -2.07. The maximum atomic E-state index is 12.0. The summed E-state index contributed by atoms with van der Waals surface area (Å²) in [5, 5.41) is 1.09. The van der Waals surface area contributed by atoms with Gasteiger partial charge in [-0.1, -0.05) is 41.4 Å². The number of halogens is 2. The van der Waals surface area contributed by atoms with Crippen molar-refractivity contribution in [3.05, 3.63) is 63.5 Å². The highest BCUT2D eigenvalue weighted by atomic mass is 35.5. The zero-order chi connectivity index (χ0) is 18.0. The van der Waals surface area contributed by atoms with E-state index in [-0.39, 0.29) is 5.97 Å². The lowest BCUT2D eigenvalue weighted by Crippen LogP contribution is -1.96. The Morgan fingerprint density at radius 2 is 1.68 bits per heavy atom. The van der Waals surface area contributed by atoms with E-state index in [0.29, 0.717) is 14.9 Å². The van der Waals surface area contributed by atoms with Crippen molar-refractivity contribution in [3.63, 3.8) is 0 Å². The second-order valence-electron chi connectivity index (χ2n) is 5.20. The van der Waals surface area contributed by atoms with Crippen LogP contribution in [0.5, 0.6) is 5.75 Å². The molecule has 0 aliphatic heterocycles. The van der Waals surface area contributed by atoms with Crippen LogP contribution in [0.1, 0.15) is 9.67 Å². The summed E-state index contributed by atoms with van der Waals surface area (Å²) in [6, 6.07) is 14.8. The second-order valence-corrected chi connectivity index (χ2v) is 7.09. The molecule has 1 heterocycles. The van der Waals surface area contributed by atoms with Crippen molar-refractivity contribution < 1.29 is 14.3 Å². The van der Waals surface area contributed by atoms with Crippen LogP contribution in [-0.2, 0) is 4.74 Å². The normalized spacial score (nSPS) is 10.6. The number of esters is 1. The summed E-state index contributed by atoms with van der Waals surface area (Å²) in [6.45, 7) is 0. The molecule has 2 aromatic carbocycles. The highest BCUT2D eigenvalue weighted by molar-refractivity contribution is 7.18. The molecule has 0 aliphatic rings. The van der Waals surface area contributed by atoms with E-state index >= 15 is 0 Å². The van der Waals surface area contributed by atoms with E-state index in [1.54, 1.807) is 19.2 Å². The first kappa shape index (κ1) is 17.8. The van der Waals surface area contributed by atoms with Crippen LogP contribution in [0.15, 0.2) is 48.5 Å². The predicted molar refractivity (Wildman–Crippen MR) is 103 cm³/mol. The Morgan fingerprint density at radius 1 is 0.960 bits per heavy atom. The van der Waals surface area contributed by atoms with Crippen LogP contribution in [0.2, 0.25) is 10.0 Å². The highest BCUT2D eigenvalue weighted by Gasteiger charge is 2.19. The minimum atomic E-state index is -0.379. The molecule has 0 aliphatic carbocycles. The van der Waals surface area contributed by atoms with E-state index < -0.39 is 0 Å². The van der Waals surface area contributed by atoms with Gasteiger partial charge in [-0.25, -0.2) is 4.79 Å². The monoisotopic (exact) mass is 392 g/mol. The molecule has 3 aromatic rings. The van der Waals surface area contributed by atoms with Crippen molar-refractivity contribution >= 4 is 40.5 Å². The van der Waals surface area contributed by atoms with Crippen LogP contribution in [0.4, 0.5) is 0 Å². The van der Waals surface area contributed by atoms with Gasteiger partial charge in [-0.05, 0) is 35.9 Å². The van der Waals surface area contributed by atoms with Crippen molar-refractivity contribution in [2.45, 2.75) is 0 Å². The number of hydrogen-bond donors (Lipinski definition) is 0. The Hall–Kier alpha value is -2.01. The molecule has 0 amide bonds. The molecule has 0 bridgehead atoms. The van der Waals surface area contributed by atoms with Gasteiger partial charge in [0.2, 0.25) is 0 Å². The molecule has 6 heteroatoms. The van der Waals surface area contributed by atoms with E-state index in [1.165, 1.54) is 18.4 Å². The molecule has 0 saturated carbocycles. The van der Waals surface area contributed by atoms with Gasteiger partial charge in [0.25, 0.3) is 0 Å². The van der Waals surface area contributed by atoms with Crippen LogP contribution >= 0.6 is 34.5 Å². The summed E-state index contributed by atoms with van der Waals surface area (Å²) < 4.78 is 10.1. The molecule has 0 spiro atoms. The first-order valence-electron chi connectivity index (χ1n) is 7.35. The fraction of sp³-hybridized carbons (Fsp3) is 0.105. The minimum Gasteiger partial charge on any atom is -0.497 e. The molecule has 0 fully saturated rings. The zero-order valence-corrected chi connectivity index (χ0v) is 15.8. The predicted octanol–water partition coefficient (Wildman–Crippen LogP) is 6.18. The number of methoxy groups -OCH3 is 2. The third-order valence-corrected chi connectivity index (χ3v) is 5.39. The first-order chi connectivity index (χ1) is 12.0. The van der Waals surface area contributed by atoms with Gasteiger partial charge in [-0.3, -0.25) is 0 Å². The summed E-state index contributed by atoms with van der Waals surface area (Å²) in [5.74, 6) is 0.384. The van der Waals surface area contributed by atoms with Gasteiger partial charge < -0.3 is 9.47 Å². The molecule has 3 nitrogen and oxygen atoms in total. The third kappa shape index (κ3) is 3.66. The van der Waals surface area contributed by atoms with Crippen LogP contribution in [-0.4, -0.2) is 20.2 Å². The van der Waals surface area contributed by atoms with Crippen LogP contribution in [0.25, 0.3) is 21.6 Å². The van der Waals surface area contributed by atoms with E-state index in [9.17, 15) is 4.79 Å². The fourth-order valence-electron chi connectivity index (χ4n) is 2.45. The van der Waals surface area contributed by atoms with E-state index in [1.807, 2.05) is 36.4 Å². The molecule has 0 atom stereocenters. The Balaban J connectivity index is 2.18. The maximum Gasteiger partial charge on any atom is 0.348 e. The number of carbonyl (C=O) groups excluding carboxylic acids is 1. The quantitative estimate of drug-likeness (QED) is 0.496. The van der Waals surface area contributed by atoms with E-state index in [0.717, 1.165) is 27.3 Å². The number of thiophene rings is 1. The molecular formula is C19H14Cl2O3S. The Bertz CT molecular complexity index is 917. The van der Waals surface area contributed by atoms with Crippen LogP contribution < -0.4 is 4.74 Å². The molecular weight excluding hydrogens is 379 g/mol. The molecule has 1 aromatic heterocycles. The summed E-state index contributed by atoms with van der Waals surface area (Å²) in [7, 11) is 2.98. The first-order valence-corrected chi connectivity index (χ1v) is 8.92. The zero-order valence-electron chi connectivity index (χ0n) is 13.5. The number of rotatable bonds is 4. The maximum absolute atomic E-state index is 12.0. The molecule has 0 radical (unpaired) electrons. The largest absolute Gasteiger partial charge is 0.497 e. The molecule has 0 N–H and O–H groups in total. The summed E-state index contributed by atoms with van der Waals surface area (Å²) in [4.78, 5) is 13.4. The van der Waals surface area contributed by atoms with Gasteiger partial charge in [-0.15, -0.1) is 11.3 Å². The Kier molecular flexibility index (Phi) is 5.33. The van der Waals surface area contributed by atoms with Gasteiger partial charge in [0.1, 0.15) is 10.6 Å². The van der Waals surface area contributed by atoms with Crippen molar-refractivity contribution in [2.24, 2.45) is 0 Å². The Morgan fingerprint density at radius 3 is 2.28 bits per heavy atom. The number of benzene rings is 2. The summed E-state index contributed by atoms with van der Waals surface area (Å²) in [6.07, 6.45) is 0. The summed E-state index contributed by atoms with van der Waals surface area (Å²) in [5.41, 5.74) is 2.67. The van der Waals surface area contributed by atoms with Gasteiger partial charge in [0.15, 0.2) is 0 Å². The topological polar surface area (TPSA) is 35.5 Å². The standard InChI is InChI=1S/C19H14Cl2O3S/c1-23-13-6-3-11(4-7-13)15-10-17(19(22)24-2)25-18(15)14-8-5-12(20)9-16(14)21/h3-10H,1-2H3. The second kappa shape index (κ2) is 7.48. The van der Waals surface area contributed by atoms with E-state index in [2.05, 4.69) is 0 Å². The SMILES string of the molecule is COC(=O)c1cc(-c2ccc(OC)cc2)c(-c2ccc(Cl)cc2Cl)s1. The fourth-order valence-corrected chi connectivity index (χ4v) is 4.15. The van der Waals surface area contributed by atoms with Crippen LogP contribution in [0, 0.1) is 0 Å². The van der Waals surface area contributed by atoms with Gasteiger partial charge in [0, 0.05) is 21.0 Å². The van der Waals surface area contributed by atoms with Crippen molar-refractivity contribution in [2.75, 3.05) is 14.2 Å². The van der Waals surface area contributed by atoms with Crippen molar-refractivity contribution in [1.82, 2.24) is 0 Å². The van der Waals surface area contributed by atoms with Gasteiger partial charge >= 0.3 is 5.97 Å². The molecule has 0 saturated heterocycles. The summed E-state index contributed by atoms with van der Waals surface area (Å²) >= 11 is 13.7. The third-order valence-electron chi connectivity index (χ3n) is 3.70. The number of ether oxygens (including phenoxy) is 2. The van der Waals surface area contributed by atoms with Crippen molar-refractivity contribution in [3.8, 4) is 27.3 Å². The lowest BCUT2D eigenvalue weighted by atomic mass is 10.0. The average molecular weight is 393 g/mol. The lowest BCUT2D eigenvalue weighted by molar-refractivity contribution is 0.0606. The smallest absolute Gasteiger partial charge is 0.348 e.